The highest BCUT2D eigenvalue weighted by molar-refractivity contribution is 6.76. The maximum atomic E-state index is 11.9. The fraction of sp³-hybridized carbons (Fsp3) is 0.417. The minimum atomic E-state index is -1.13. The van der Waals surface area contributed by atoms with Crippen LogP contribution in [0.25, 0.3) is 0 Å². The van der Waals surface area contributed by atoms with Crippen molar-refractivity contribution < 1.29 is 4.79 Å². The molecule has 0 radical (unpaired) electrons. The number of carbonyl (C=O) groups is 1. The van der Waals surface area contributed by atoms with Crippen molar-refractivity contribution in [2.45, 2.75) is 32.1 Å². The van der Waals surface area contributed by atoms with Crippen LogP contribution in [0.3, 0.4) is 0 Å². The number of hydrogen-bond acceptors (Lipinski definition) is 2. The molecule has 15 heavy (non-hydrogen) atoms. The van der Waals surface area contributed by atoms with Crippen molar-refractivity contribution in [1.29, 1.82) is 0 Å². The van der Waals surface area contributed by atoms with Gasteiger partial charge in [0, 0.05) is 25.7 Å². The third kappa shape index (κ3) is 3.87. The molecule has 1 aromatic carbocycles. The van der Waals surface area contributed by atoms with Gasteiger partial charge >= 0.3 is 0 Å². The highest BCUT2D eigenvalue weighted by atomic mass is 28.3. The molecule has 2 N–H and O–H groups in total. The van der Waals surface area contributed by atoms with E-state index in [1.165, 1.54) is 0 Å². The van der Waals surface area contributed by atoms with Crippen LogP contribution in [0.1, 0.15) is 16.8 Å². The molecule has 0 spiro atoms. The lowest BCUT2D eigenvalue weighted by Crippen LogP contribution is -2.20. The zero-order valence-corrected chi connectivity index (χ0v) is 10.7. The van der Waals surface area contributed by atoms with Crippen molar-refractivity contribution in [3.8, 4) is 0 Å². The van der Waals surface area contributed by atoms with Gasteiger partial charge in [-0.05, 0) is 12.1 Å². The largest absolute Gasteiger partial charge is 0.398 e. The molecule has 0 saturated carbocycles. The summed E-state index contributed by atoms with van der Waals surface area (Å²) in [7, 11) is -1.13. The number of benzene rings is 1. The van der Waals surface area contributed by atoms with Crippen molar-refractivity contribution in [1.82, 2.24) is 0 Å². The molecule has 1 rings (SSSR count). The molecule has 3 heteroatoms. The number of nitrogens with two attached hydrogens (primary N) is 1. The maximum absolute atomic E-state index is 11.9. The Labute approximate surface area is 92.5 Å². The predicted molar refractivity (Wildman–Crippen MR) is 68.0 cm³/mol. The Kier molecular flexibility index (Phi) is 3.69. The molecule has 0 unspecified atom stereocenters. The Balaban J connectivity index is 2.66. The third-order valence-corrected chi connectivity index (χ3v) is 4.11. The van der Waals surface area contributed by atoms with Crippen LogP contribution in [0.2, 0.25) is 25.7 Å². The molecule has 0 aliphatic rings. The summed E-state index contributed by atoms with van der Waals surface area (Å²) in [6.07, 6.45) is 0.629. The average molecular weight is 221 g/mol. The number of rotatable bonds is 4. The Morgan fingerprint density at radius 3 is 2.40 bits per heavy atom. The van der Waals surface area contributed by atoms with Crippen LogP contribution >= 0.6 is 0 Å². The first-order valence-electron chi connectivity index (χ1n) is 5.28. The van der Waals surface area contributed by atoms with Gasteiger partial charge in [-0.3, -0.25) is 4.79 Å². The van der Waals surface area contributed by atoms with Gasteiger partial charge in [-0.2, -0.15) is 0 Å². The lowest BCUT2D eigenvalue weighted by molar-refractivity contribution is 0.0988. The molecule has 0 aliphatic carbocycles. The van der Waals surface area contributed by atoms with Gasteiger partial charge in [0.25, 0.3) is 0 Å². The summed E-state index contributed by atoms with van der Waals surface area (Å²) in [6.45, 7) is 6.82. The van der Waals surface area contributed by atoms with E-state index in [-0.39, 0.29) is 5.78 Å². The molecule has 0 aromatic heterocycles. The third-order valence-electron chi connectivity index (χ3n) is 2.36. The molecule has 2 nitrogen and oxygen atoms in total. The first-order valence-corrected chi connectivity index (χ1v) is 8.98. The van der Waals surface area contributed by atoms with Gasteiger partial charge in [-0.25, -0.2) is 0 Å². The van der Waals surface area contributed by atoms with Gasteiger partial charge in [0.15, 0.2) is 5.78 Å². The quantitative estimate of drug-likeness (QED) is 0.482. The first-order chi connectivity index (χ1) is 6.90. The maximum Gasteiger partial charge on any atom is 0.164 e. The van der Waals surface area contributed by atoms with E-state index in [4.69, 9.17) is 5.73 Å². The molecule has 0 bridgehead atoms. The van der Waals surface area contributed by atoms with Crippen LogP contribution in [0.5, 0.6) is 0 Å². The monoisotopic (exact) mass is 221 g/mol. The minimum absolute atomic E-state index is 0.176. The summed E-state index contributed by atoms with van der Waals surface area (Å²) >= 11 is 0. The fourth-order valence-electron chi connectivity index (χ4n) is 1.37. The smallest absolute Gasteiger partial charge is 0.164 e. The molecule has 0 atom stereocenters. The Bertz CT molecular complexity index is 355. The van der Waals surface area contributed by atoms with E-state index in [1.54, 1.807) is 6.07 Å². The molecule has 0 fully saturated rings. The second-order valence-corrected chi connectivity index (χ2v) is 10.7. The highest BCUT2D eigenvalue weighted by Gasteiger charge is 2.16. The zero-order valence-electron chi connectivity index (χ0n) is 9.71. The van der Waals surface area contributed by atoms with Crippen molar-refractivity contribution >= 4 is 19.5 Å². The summed E-state index contributed by atoms with van der Waals surface area (Å²) in [5.41, 5.74) is 7.02. The van der Waals surface area contributed by atoms with E-state index >= 15 is 0 Å². The average Bonchev–Trinajstić information content (AvgIpc) is 2.14. The SMILES string of the molecule is C[Si](C)(C)CCC(=O)c1ccccc1N. The summed E-state index contributed by atoms with van der Waals surface area (Å²) in [6, 6.07) is 8.33. The van der Waals surface area contributed by atoms with Crippen LogP contribution < -0.4 is 5.73 Å². The number of nitrogen functional groups attached to an aromatic ring is 1. The van der Waals surface area contributed by atoms with E-state index in [0.717, 1.165) is 6.04 Å². The zero-order chi connectivity index (χ0) is 11.5. The number of ketones is 1. The van der Waals surface area contributed by atoms with Gasteiger partial charge in [-0.1, -0.05) is 37.8 Å². The van der Waals surface area contributed by atoms with Crippen molar-refractivity contribution in [3.05, 3.63) is 29.8 Å². The summed E-state index contributed by atoms with van der Waals surface area (Å²) in [5.74, 6) is 0.176. The van der Waals surface area contributed by atoms with Crippen molar-refractivity contribution in [2.24, 2.45) is 0 Å². The van der Waals surface area contributed by atoms with Gasteiger partial charge in [0.1, 0.15) is 0 Å². The molecule has 82 valence electrons. The number of para-hydroxylation sites is 1. The summed E-state index contributed by atoms with van der Waals surface area (Å²) < 4.78 is 0. The van der Waals surface area contributed by atoms with Crippen LogP contribution in [-0.4, -0.2) is 13.9 Å². The summed E-state index contributed by atoms with van der Waals surface area (Å²) in [5, 5.41) is 0. The molecule has 0 amide bonds. The molecular formula is C12H19NOSi. The second kappa shape index (κ2) is 4.62. The molecule has 1 aromatic rings. The highest BCUT2D eigenvalue weighted by Crippen LogP contribution is 2.17. The topological polar surface area (TPSA) is 43.1 Å². The van der Waals surface area contributed by atoms with Crippen molar-refractivity contribution in [2.75, 3.05) is 5.73 Å². The Hall–Kier alpha value is -1.09. The van der Waals surface area contributed by atoms with Crippen LogP contribution in [-0.2, 0) is 0 Å². The molecule has 0 heterocycles. The predicted octanol–water partition coefficient (Wildman–Crippen LogP) is 3.18. The number of Topliss-reactive ketones (excluding diaryl/α,β-unsaturated/α-hetero) is 1. The van der Waals surface area contributed by atoms with Crippen LogP contribution in [0.4, 0.5) is 5.69 Å². The standard InChI is InChI=1S/C12H19NOSi/c1-15(2,3)9-8-12(14)10-6-4-5-7-11(10)13/h4-7H,8-9,13H2,1-3H3. The lowest BCUT2D eigenvalue weighted by atomic mass is 10.1. The number of carbonyl (C=O) groups excluding carboxylic acids is 1. The van der Waals surface area contributed by atoms with Gasteiger partial charge in [-0.15, -0.1) is 0 Å². The van der Waals surface area contributed by atoms with Crippen LogP contribution in [0, 0.1) is 0 Å². The second-order valence-electron chi connectivity index (χ2n) is 5.07. The molecule has 0 saturated heterocycles. The normalized spacial score (nSPS) is 11.4. The lowest BCUT2D eigenvalue weighted by Gasteiger charge is -2.14. The molecular weight excluding hydrogens is 202 g/mol. The number of hydrogen-bond donors (Lipinski definition) is 1. The van der Waals surface area contributed by atoms with E-state index in [2.05, 4.69) is 19.6 Å². The van der Waals surface area contributed by atoms with E-state index in [1.807, 2.05) is 18.2 Å². The Morgan fingerprint density at radius 1 is 1.27 bits per heavy atom. The van der Waals surface area contributed by atoms with Crippen molar-refractivity contribution in [3.63, 3.8) is 0 Å². The van der Waals surface area contributed by atoms with Gasteiger partial charge in [0.2, 0.25) is 0 Å². The van der Waals surface area contributed by atoms with Gasteiger partial charge < -0.3 is 5.73 Å². The minimum Gasteiger partial charge on any atom is -0.398 e. The number of anilines is 1. The Morgan fingerprint density at radius 2 is 1.87 bits per heavy atom. The van der Waals surface area contributed by atoms with E-state index < -0.39 is 8.07 Å². The van der Waals surface area contributed by atoms with E-state index in [0.29, 0.717) is 17.7 Å². The fourth-order valence-corrected chi connectivity index (χ4v) is 2.35. The van der Waals surface area contributed by atoms with Gasteiger partial charge in [0.05, 0.1) is 0 Å². The summed E-state index contributed by atoms with van der Waals surface area (Å²) in [4.78, 5) is 11.9. The molecule has 0 aliphatic heterocycles. The van der Waals surface area contributed by atoms with Crippen LogP contribution in [0.15, 0.2) is 24.3 Å². The first kappa shape index (κ1) is 12.0. The van der Waals surface area contributed by atoms with E-state index in [9.17, 15) is 4.79 Å².